The van der Waals surface area contributed by atoms with E-state index in [2.05, 4.69) is 10.0 Å². The zero-order chi connectivity index (χ0) is 13.9. The highest BCUT2D eigenvalue weighted by molar-refractivity contribution is 6.23. The van der Waals surface area contributed by atoms with Gasteiger partial charge in [-0.25, -0.2) is 14.9 Å². The summed E-state index contributed by atoms with van der Waals surface area (Å²) in [5.41, 5.74) is 1.82. The molecule has 0 N–H and O–H groups in total. The van der Waals surface area contributed by atoms with Crippen LogP contribution < -0.4 is 4.90 Å². The molecule has 3 fully saturated rings. The summed E-state index contributed by atoms with van der Waals surface area (Å²) in [5, 5.41) is 4.26. The fourth-order valence-corrected chi connectivity index (χ4v) is 3.60. The largest absolute Gasteiger partial charge is 0.274 e. The van der Waals surface area contributed by atoms with Crippen molar-refractivity contribution in [3.05, 3.63) is 29.8 Å². The first-order valence-electron chi connectivity index (χ1n) is 7.13. The molecule has 3 aliphatic heterocycles. The summed E-state index contributed by atoms with van der Waals surface area (Å²) in [4.78, 5) is 26.6. The summed E-state index contributed by atoms with van der Waals surface area (Å²) < 4.78 is 0. The van der Waals surface area contributed by atoms with Gasteiger partial charge in [0.2, 0.25) is 5.91 Å². The molecule has 0 aliphatic carbocycles. The van der Waals surface area contributed by atoms with E-state index in [9.17, 15) is 9.59 Å². The topological polar surface area (TPSA) is 43.9 Å². The molecule has 5 heteroatoms. The van der Waals surface area contributed by atoms with Gasteiger partial charge in [0, 0.05) is 19.6 Å². The first-order valence-corrected chi connectivity index (χ1v) is 7.13. The predicted octanol–water partition coefficient (Wildman–Crippen LogP) is 0.789. The van der Waals surface area contributed by atoms with Crippen LogP contribution in [0.1, 0.15) is 12.0 Å². The lowest BCUT2D eigenvalue weighted by molar-refractivity contribution is -0.125. The lowest BCUT2D eigenvalue weighted by Gasteiger charge is -2.24. The molecule has 0 aromatic heterocycles. The number of imide groups is 1. The van der Waals surface area contributed by atoms with Crippen LogP contribution in [-0.2, 0) is 9.59 Å². The molecular weight excluding hydrogens is 254 g/mol. The van der Waals surface area contributed by atoms with E-state index < -0.39 is 0 Å². The van der Waals surface area contributed by atoms with Crippen molar-refractivity contribution in [2.24, 2.45) is 5.92 Å². The average Bonchev–Trinajstić information content (AvgIpc) is 3.05. The molecule has 0 radical (unpaired) electrons. The SMILES string of the molecule is Cc1ccc(N2C(=O)[C@H]3CN4CCCN4[C@H]3C2=O)cc1. The maximum Gasteiger partial charge on any atom is 0.253 e. The van der Waals surface area contributed by atoms with Crippen LogP contribution in [0.2, 0.25) is 0 Å². The van der Waals surface area contributed by atoms with Gasteiger partial charge in [-0.1, -0.05) is 17.7 Å². The second-order valence-electron chi connectivity index (χ2n) is 5.83. The van der Waals surface area contributed by atoms with Crippen LogP contribution in [0.25, 0.3) is 0 Å². The number of fused-ring (bicyclic) bond motifs is 3. The summed E-state index contributed by atoms with van der Waals surface area (Å²) in [7, 11) is 0. The molecule has 3 heterocycles. The second kappa shape index (κ2) is 4.14. The van der Waals surface area contributed by atoms with Crippen LogP contribution in [0.4, 0.5) is 5.69 Å². The molecule has 0 saturated carbocycles. The third-order valence-corrected chi connectivity index (χ3v) is 4.58. The van der Waals surface area contributed by atoms with E-state index in [0.717, 1.165) is 25.1 Å². The number of benzene rings is 1. The minimum atomic E-state index is -0.272. The van der Waals surface area contributed by atoms with Gasteiger partial charge in [-0.05, 0) is 25.5 Å². The van der Waals surface area contributed by atoms with Gasteiger partial charge in [0.1, 0.15) is 6.04 Å². The van der Waals surface area contributed by atoms with E-state index in [1.54, 1.807) is 0 Å². The summed E-state index contributed by atoms with van der Waals surface area (Å²) >= 11 is 0. The first kappa shape index (κ1) is 12.1. The van der Waals surface area contributed by atoms with E-state index >= 15 is 0 Å². The molecule has 2 amide bonds. The predicted molar refractivity (Wildman–Crippen MR) is 73.8 cm³/mol. The molecule has 0 unspecified atom stereocenters. The quantitative estimate of drug-likeness (QED) is 0.708. The molecule has 0 spiro atoms. The van der Waals surface area contributed by atoms with Gasteiger partial charge in [0.05, 0.1) is 11.6 Å². The van der Waals surface area contributed by atoms with Crippen LogP contribution in [0.5, 0.6) is 0 Å². The Morgan fingerprint density at radius 1 is 1.05 bits per heavy atom. The number of aryl methyl sites for hydroxylation is 1. The third kappa shape index (κ3) is 1.50. The molecule has 2 atom stereocenters. The summed E-state index contributed by atoms with van der Waals surface area (Å²) in [6.07, 6.45) is 1.08. The van der Waals surface area contributed by atoms with Crippen LogP contribution in [0, 0.1) is 12.8 Å². The Bertz CT molecular complexity index is 583. The highest BCUT2D eigenvalue weighted by Crippen LogP contribution is 2.37. The Morgan fingerprint density at radius 2 is 1.80 bits per heavy atom. The Hall–Kier alpha value is -1.72. The Morgan fingerprint density at radius 3 is 2.55 bits per heavy atom. The van der Waals surface area contributed by atoms with Crippen molar-refractivity contribution >= 4 is 17.5 Å². The molecule has 3 aliphatic rings. The monoisotopic (exact) mass is 271 g/mol. The van der Waals surface area contributed by atoms with E-state index in [1.807, 2.05) is 31.2 Å². The van der Waals surface area contributed by atoms with E-state index in [1.165, 1.54) is 4.90 Å². The Kier molecular flexibility index (Phi) is 2.49. The number of amides is 2. The van der Waals surface area contributed by atoms with Gasteiger partial charge < -0.3 is 0 Å². The maximum atomic E-state index is 12.7. The molecule has 4 rings (SSSR count). The average molecular weight is 271 g/mol. The number of hydrogen-bond acceptors (Lipinski definition) is 4. The zero-order valence-electron chi connectivity index (χ0n) is 11.5. The van der Waals surface area contributed by atoms with Crippen LogP contribution in [-0.4, -0.2) is 47.5 Å². The summed E-state index contributed by atoms with van der Waals surface area (Å²) in [5.74, 6) is -0.296. The highest BCUT2D eigenvalue weighted by atomic mass is 16.2. The highest BCUT2D eigenvalue weighted by Gasteiger charge is 2.57. The molecule has 1 aromatic carbocycles. The number of nitrogens with zero attached hydrogens (tertiary/aromatic N) is 3. The second-order valence-corrected chi connectivity index (χ2v) is 5.83. The lowest BCUT2D eigenvalue weighted by atomic mass is 10.0. The van der Waals surface area contributed by atoms with Crippen molar-refractivity contribution < 1.29 is 9.59 Å². The maximum absolute atomic E-state index is 12.7. The fraction of sp³-hybridized carbons (Fsp3) is 0.467. The van der Waals surface area contributed by atoms with E-state index in [0.29, 0.717) is 12.2 Å². The Balaban J connectivity index is 1.69. The van der Waals surface area contributed by atoms with Crippen LogP contribution >= 0.6 is 0 Å². The standard InChI is InChI=1S/C15H17N3O2/c1-10-3-5-11(6-4-10)18-14(19)12-9-16-7-2-8-17(16)13(12)15(18)20/h3-6,12-13H,2,7-9H2,1H3/t12-,13+/m0/s1. The van der Waals surface area contributed by atoms with Crippen LogP contribution in [0.3, 0.4) is 0 Å². The normalized spacial score (nSPS) is 30.1. The summed E-state index contributed by atoms with van der Waals surface area (Å²) in [6, 6.07) is 7.31. The van der Waals surface area contributed by atoms with Gasteiger partial charge in [-0.15, -0.1) is 0 Å². The lowest BCUT2D eigenvalue weighted by Crippen LogP contribution is -2.43. The smallest absolute Gasteiger partial charge is 0.253 e. The number of carbonyl (C=O) groups is 2. The molecule has 104 valence electrons. The first-order chi connectivity index (χ1) is 9.66. The van der Waals surface area contributed by atoms with Crippen molar-refractivity contribution in [3.63, 3.8) is 0 Å². The van der Waals surface area contributed by atoms with Gasteiger partial charge in [0.25, 0.3) is 5.91 Å². The number of hydrazine groups is 1. The van der Waals surface area contributed by atoms with Crippen molar-refractivity contribution in [2.45, 2.75) is 19.4 Å². The molecule has 1 aromatic rings. The van der Waals surface area contributed by atoms with Gasteiger partial charge in [0.15, 0.2) is 0 Å². The van der Waals surface area contributed by atoms with Crippen molar-refractivity contribution in [1.82, 2.24) is 10.0 Å². The van der Waals surface area contributed by atoms with Crippen LogP contribution in [0.15, 0.2) is 24.3 Å². The number of carbonyl (C=O) groups excluding carboxylic acids is 2. The molecule has 3 saturated heterocycles. The van der Waals surface area contributed by atoms with Crippen molar-refractivity contribution in [3.8, 4) is 0 Å². The van der Waals surface area contributed by atoms with Gasteiger partial charge in [-0.3, -0.25) is 9.59 Å². The number of hydrogen-bond donors (Lipinski definition) is 0. The molecule has 20 heavy (non-hydrogen) atoms. The third-order valence-electron chi connectivity index (χ3n) is 4.58. The molecular formula is C15H17N3O2. The number of rotatable bonds is 1. The molecule has 0 bridgehead atoms. The van der Waals surface area contributed by atoms with Gasteiger partial charge >= 0.3 is 0 Å². The summed E-state index contributed by atoms with van der Waals surface area (Å²) in [6.45, 7) is 4.55. The van der Waals surface area contributed by atoms with E-state index in [4.69, 9.17) is 0 Å². The van der Waals surface area contributed by atoms with E-state index in [-0.39, 0.29) is 23.8 Å². The van der Waals surface area contributed by atoms with Crippen molar-refractivity contribution in [1.29, 1.82) is 0 Å². The minimum absolute atomic E-state index is 0.0433. The zero-order valence-corrected chi connectivity index (χ0v) is 11.5. The van der Waals surface area contributed by atoms with Crippen molar-refractivity contribution in [2.75, 3.05) is 24.5 Å². The fourth-order valence-electron chi connectivity index (χ4n) is 3.60. The van der Waals surface area contributed by atoms with Gasteiger partial charge in [-0.2, -0.15) is 0 Å². The molecule has 5 nitrogen and oxygen atoms in total. The number of anilines is 1. The minimum Gasteiger partial charge on any atom is -0.274 e. The Labute approximate surface area is 117 Å².